The molecule has 0 saturated carbocycles. The summed E-state index contributed by atoms with van der Waals surface area (Å²) in [5, 5.41) is 5.94. The van der Waals surface area contributed by atoms with E-state index in [1.807, 2.05) is 0 Å². The number of sulfonamides is 1. The second kappa shape index (κ2) is 5.39. The van der Waals surface area contributed by atoms with E-state index in [9.17, 15) is 12.8 Å². The standard InChI is InChI=1S/C11H12ClFN4O2S/c1-6(7-4-15-16-5-7)17-20(18,19)10-3-8(14)2-9(12)11(10)13/h2-6,17H,14H2,1H3,(H,15,16). The molecule has 1 heterocycles. The second-order valence-electron chi connectivity index (χ2n) is 4.19. The smallest absolute Gasteiger partial charge is 0.244 e. The van der Waals surface area contributed by atoms with Gasteiger partial charge in [0.25, 0.3) is 0 Å². The van der Waals surface area contributed by atoms with Gasteiger partial charge < -0.3 is 5.73 Å². The first-order valence-electron chi connectivity index (χ1n) is 5.57. The third-order valence-corrected chi connectivity index (χ3v) is 4.47. The summed E-state index contributed by atoms with van der Waals surface area (Å²) in [6.07, 6.45) is 3.01. The number of aromatic amines is 1. The molecule has 108 valence electrons. The van der Waals surface area contributed by atoms with Gasteiger partial charge >= 0.3 is 0 Å². The molecule has 1 unspecified atom stereocenters. The van der Waals surface area contributed by atoms with E-state index in [4.69, 9.17) is 17.3 Å². The summed E-state index contributed by atoms with van der Waals surface area (Å²) in [6, 6.07) is 1.58. The molecule has 0 bridgehead atoms. The summed E-state index contributed by atoms with van der Waals surface area (Å²) in [7, 11) is -4.09. The van der Waals surface area contributed by atoms with Crippen molar-refractivity contribution in [2.75, 3.05) is 5.73 Å². The van der Waals surface area contributed by atoms with Crippen LogP contribution in [-0.4, -0.2) is 18.6 Å². The van der Waals surface area contributed by atoms with Gasteiger partial charge in [0, 0.05) is 23.5 Å². The molecule has 2 rings (SSSR count). The molecule has 0 radical (unpaired) electrons. The average Bonchev–Trinajstić information content (AvgIpc) is 2.86. The van der Waals surface area contributed by atoms with Crippen molar-refractivity contribution in [3.63, 3.8) is 0 Å². The predicted octanol–water partition coefficient (Wildman–Crippen LogP) is 1.82. The molecule has 20 heavy (non-hydrogen) atoms. The number of hydrogen-bond acceptors (Lipinski definition) is 4. The van der Waals surface area contributed by atoms with Crippen LogP contribution in [0, 0.1) is 5.82 Å². The minimum Gasteiger partial charge on any atom is -0.399 e. The topological polar surface area (TPSA) is 101 Å². The number of rotatable bonds is 4. The zero-order chi connectivity index (χ0) is 14.9. The second-order valence-corrected chi connectivity index (χ2v) is 6.28. The van der Waals surface area contributed by atoms with Gasteiger partial charge in [-0.3, -0.25) is 5.10 Å². The minimum atomic E-state index is -4.09. The summed E-state index contributed by atoms with van der Waals surface area (Å²) in [5.41, 5.74) is 6.17. The van der Waals surface area contributed by atoms with Crippen LogP contribution < -0.4 is 10.5 Å². The van der Waals surface area contributed by atoms with Crippen LogP contribution in [0.4, 0.5) is 10.1 Å². The highest BCUT2D eigenvalue weighted by atomic mass is 35.5. The van der Waals surface area contributed by atoms with Crippen LogP contribution in [0.5, 0.6) is 0 Å². The molecule has 6 nitrogen and oxygen atoms in total. The monoisotopic (exact) mass is 318 g/mol. The van der Waals surface area contributed by atoms with Crippen molar-refractivity contribution in [1.82, 2.24) is 14.9 Å². The van der Waals surface area contributed by atoms with E-state index in [2.05, 4.69) is 14.9 Å². The summed E-state index contributed by atoms with van der Waals surface area (Å²) < 4.78 is 40.5. The van der Waals surface area contributed by atoms with Gasteiger partial charge in [0.05, 0.1) is 11.2 Å². The lowest BCUT2D eigenvalue weighted by Gasteiger charge is -2.14. The molecule has 0 amide bonds. The van der Waals surface area contributed by atoms with Crippen molar-refractivity contribution in [2.45, 2.75) is 17.9 Å². The van der Waals surface area contributed by atoms with Crippen molar-refractivity contribution >= 4 is 27.3 Å². The summed E-state index contributed by atoms with van der Waals surface area (Å²) in [5.74, 6) is -1.03. The van der Waals surface area contributed by atoms with Crippen LogP contribution in [0.15, 0.2) is 29.4 Å². The Balaban J connectivity index is 2.36. The number of hydrogen-bond donors (Lipinski definition) is 3. The van der Waals surface area contributed by atoms with Gasteiger partial charge in [-0.25, -0.2) is 17.5 Å². The molecule has 9 heteroatoms. The van der Waals surface area contributed by atoms with Crippen LogP contribution in [0.3, 0.4) is 0 Å². The number of anilines is 1. The Morgan fingerprint density at radius 1 is 1.50 bits per heavy atom. The van der Waals surface area contributed by atoms with Crippen LogP contribution in [0.25, 0.3) is 0 Å². The Hall–Kier alpha value is -1.64. The van der Waals surface area contributed by atoms with E-state index < -0.39 is 26.8 Å². The zero-order valence-corrected chi connectivity index (χ0v) is 12.0. The maximum Gasteiger partial charge on any atom is 0.244 e. The van der Waals surface area contributed by atoms with E-state index >= 15 is 0 Å². The Morgan fingerprint density at radius 3 is 2.80 bits per heavy atom. The molecule has 1 atom stereocenters. The molecule has 1 aromatic heterocycles. The molecule has 0 spiro atoms. The largest absolute Gasteiger partial charge is 0.399 e. The number of halogens is 2. The first-order chi connectivity index (χ1) is 9.31. The Kier molecular flexibility index (Phi) is 3.98. The van der Waals surface area contributed by atoms with E-state index in [0.29, 0.717) is 5.56 Å². The molecule has 0 aliphatic rings. The maximum absolute atomic E-state index is 13.8. The predicted molar refractivity (Wildman–Crippen MR) is 73.1 cm³/mol. The van der Waals surface area contributed by atoms with E-state index in [1.54, 1.807) is 6.92 Å². The highest BCUT2D eigenvalue weighted by Gasteiger charge is 2.24. The number of nitrogens with zero attached hydrogens (tertiary/aromatic N) is 1. The summed E-state index contributed by atoms with van der Waals surface area (Å²) >= 11 is 5.60. The van der Waals surface area contributed by atoms with Gasteiger partial charge in [-0.1, -0.05) is 11.6 Å². The van der Waals surface area contributed by atoms with Crippen LogP contribution in [0.1, 0.15) is 18.5 Å². The van der Waals surface area contributed by atoms with E-state index in [0.717, 1.165) is 12.1 Å². The molecule has 0 fully saturated rings. The van der Waals surface area contributed by atoms with Crippen molar-refractivity contribution in [3.05, 3.63) is 40.9 Å². The molecule has 1 aromatic carbocycles. The zero-order valence-electron chi connectivity index (χ0n) is 10.4. The SMILES string of the molecule is CC(NS(=O)(=O)c1cc(N)cc(Cl)c1F)c1cn[nH]c1. The van der Waals surface area contributed by atoms with Crippen molar-refractivity contribution in [3.8, 4) is 0 Å². The maximum atomic E-state index is 13.8. The molecular weight excluding hydrogens is 307 g/mol. The summed E-state index contributed by atoms with van der Waals surface area (Å²) in [4.78, 5) is -0.585. The summed E-state index contributed by atoms with van der Waals surface area (Å²) in [6.45, 7) is 1.61. The number of nitrogens with one attached hydrogen (secondary N) is 2. The lowest BCUT2D eigenvalue weighted by atomic mass is 10.2. The highest BCUT2D eigenvalue weighted by molar-refractivity contribution is 7.89. The average molecular weight is 319 g/mol. The molecule has 2 aromatic rings. The van der Waals surface area contributed by atoms with Crippen molar-refractivity contribution in [1.29, 1.82) is 0 Å². The normalized spacial score (nSPS) is 13.3. The third kappa shape index (κ3) is 2.92. The first-order valence-corrected chi connectivity index (χ1v) is 7.43. The van der Waals surface area contributed by atoms with Gasteiger partial charge in [-0.2, -0.15) is 5.10 Å². The van der Waals surface area contributed by atoms with Crippen molar-refractivity contribution < 1.29 is 12.8 Å². The molecule has 4 N–H and O–H groups in total. The first kappa shape index (κ1) is 14.8. The highest BCUT2D eigenvalue weighted by Crippen LogP contribution is 2.26. The fourth-order valence-corrected chi connectivity index (χ4v) is 3.29. The minimum absolute atomic E-state index is 0.0627. The lowest BCUT2D eigenvalue weighted by molar-refractivity contribution is 0.547. The fraction of sp³-hybridized carbons (Fsp3) is 0.182. The molecule has 0 saturated heterocycles. The Bertz CT molecular complexity index is 718. The fourth-order valence-electron chi connectivity index (χ4n) is 1.64. The van der Waals surface area contributed by atoms with E-state index in [-0.39, 0.29) is 10.7 Å². The van der Waals surface area contributed by atoms with Crippen LogP contribution >= 0.6 is 11.6 Å². The molecular formula is C11H12ClFN4O2S. The van der Waals surface area contributed by atoms with Gasteiger partial charge in [0.15, 0.2) is 5.82 Å². The third-order valence-electron chi connectivity index (χ3n) is 2.66. The number of nitrogen functional groups attached to an aromatic ring is 1. The molecule has 0 aliphatic heterocycles. The number of nitrogens with two attached hydrogens (primary N) is 1. The van der Waals surface area contributed by atoms with Gasteiger partial charge in [-0.05, 0) is 19.1 Å². The lowest BCUT2D eigenvalue weighted by Crippen LogP contribution is -2.27. The van der Waals surface area contributed by atoms with Gasteiger partial charge in [0.1, 0.15) is 4.90 Å². The van der Waals surface area contributed by atoms with Crippen LogP contribution in [-0.2, 0) is 10.0 Å². The Labute approximate surface area is 120 Å². The number of benzene rings is 1. The van der Waals surface area contributed by atoms with Crippen LogP contribution in [0.2, 0.25) is 5.02 Å². The van der Waals surface area contributed by atoms with Crippen molar-refractivity contribution in [2.24, 2.45) is 0 Å². The van der Waals surface area contributed by atoms with Gasteiger partial charge in [0.2, 0.25) is 10.0 Å². The quantitative estimate of drug-likeness (QED) is 0.748. The number of H-pyrrole nitrogens is 1. The molecule has 0 aliphatic carbocycles. The van der Waals surface area contributed by atoms with E-state index in [1.165, 1.54) is 12.4 Å². The Morgan fingerprint density at radius 2 is 2.20 bits per heavy atom. The van der Waals surface area contributed by atoms with Gasteiger partial charge in [-0.15, -0.1) is 0 Å². The number of aromatic nitrogens is 2.